The Morgan fingerprint density at radius 3 is 3.00 bits per heavy atom. The van der Waals surface area contributed by atoms with Gasteiger partial charge in [-0.1, -0.05) is 6.07 Å². The standard InChI is InChI=1S/C8H12N2OS/c1-10-7(8(9)11)5-6-3-2-4-12-6/h2-4,7,10H,5H2,1H3,(H2,9,11)/t7-/m1/s1. The number of carbonyl (C=O) groups excluding carboxylic acids is 1. The second kappa shape index (κ2) is 4.23. The van der Waals surface area contributed by atoms with E-state index in [1.807, 2.05) is 17.5 Å². The molecule has 3 N–H and O–H groups in total. The zero-order chi connectivity index (χ0) is 8.97. The van der Waals surface area contributed by atoms with E-state index in [-0.39, 0.29) is 11.9 Å². The maximum absolute atomic E-state index is 10.8. The number of primary amides is 1. The van der Waals surface area contributed by atoms with Crippen LogP contribution in [0.15, 0.2) is 17.5 Å². The Kier molecular flexibility index (Phi) is 3.25. The van der Waals surface area contributed by atoms with Crippen molar-refractivity contribution >= 4 is 17.2 Å². The summed E-state index contributed by atoms with van der Waals surface area (Å²) in [6.07, 6.45) is 0.684. The maximum Gasteiger partial charge on any atom is 0.234 e. The predicted octanol–water partition coefficient (Wildman–Crippen LogP) is 0.364. The van der Waals surface area contributed by atoms with Crippen LogP contribution in [0.25, 0.3) is 0 Å². The van der Waals surface area contributed by atoms with E-state index in [2.05, 4.69) is 5.32 Å². The van der Waals surface area contributed by atoms with Gasteiger partial charge in [0.2, 0.25) is 5.91 Å². The fourth-order valence-corrected chi connectivity index (χ4v) is 1.73. The van der Waals surface area contributed by atoms with Crippen molar-refractivity contribution in [1.82, 2.24) is 5.32 Å². The molecule has 0 saturated heterocycles. The highest BCUT2D eigenvalue weighted by Gasteiger charge is 2.12. The Hall–Kier alpha value is -0.870. The zero-order valence-corrected chi connectivity index (χ0v) is 7.73. The van der Waals surface area contributed by atoms with Gasteiger partial charge in [0.05, 0.1) is 6.04 Å². The van der Waals surface area contributed by atoms with Crippen molar-refractivity contribution in [3.05, 3.63) is 22.4 Å². The van der Waals surface area contributed by atoms with Gasteiger partial charge in [0, 0.05) is 11.3 Å². The van der Waals surface area contributed by atoms with Crippen molar-refractivity contribution in [3.8, 4) is 0 Å². The molecule has 0 aromatic carbocycles. The lowest BCUT2D eigenvalue weighted by atomic mass is 10.2. The highest BCUT2D eigenvalue weighted by molar-refractivity contribution is 7.09. The third-order valence-corrected chi connectivity index (χ3v) is 2.58. The first-order valence-corrected chi connectivity index (χ1v) is 4.61. The number of hydrogen-bond acceptors (Lipinski definition) is 3. The minimum Gasteiger partial charge on any atom is -0.368 e. The summed E-state index contributed by atoms with van der Waals surface area (Å²) in [4.78, 5) is 12.0. The third kappa shape index (κ3) is 2.32. The molecule has 0 radical (unpaired) electrons. The van der Waals surface area contributed by atoms with Gasteiger partial charge < -0.3 is 11.1 Å². The van der Waals surface area contributed by atoms with E-state index in [1.54, 1.807) is 18.4 Å². The van der Waals surface area contributed by atoms with E-state index in [1.165, 1.54) is 4.88 Å². The van der Waals surface area contributed by atoms with Gasteiger partial charge in [-0.25, -0.2) is 0 Å². The van der Waals surface area contributed by atoms with Gasteiger partial charge in [0.25, 0.3) is 0 Å². The molecule has 0 bridgehead atoms. The number of carbonyl (C=O) groups is 1. The number of thiophene rings is 1. The van der Waals surface area contributed by atoms with Gasteiger partial charge in [-0.15, -0.1) is 11.3 Å². The minimum absolute atomic E-state index is 0.247. The highest BCUT2D eigenvalue weighted by atomic mass is 32.1. The van der Waals surface area contributed by atoms with E-state index < -0.39 is 0 Å². The molecule has 4 heteroatoms. The molecular formula is C8H12N2OS. The molecule has 1 aromatic rings. The Morgan fingerprint density at radius 2 is 2.58 bits per heavy atom. The van der Waals surface area contributed by atoms with Crippen LogP contribution in [-0.2, 0) is 11.2 Å². The second-order valence-corrected chi connectivity index (χ2v) is 3.56. The molecule has 1 rings (SSSR count). The number of nitrogens with one attached hydrogen (secondary N) is 1. The molecular weight excluding hydrogens is 172 g/mol. The third-order valence-electron chi connectivity index (χ3n) is 1.68. The average molecular weight is 184 g/mol. The highest BCUT2D eigenvalue weighted by Crippen LogP contribution is 2.10. The van der Waals surface area contributed by atoms with Crippen LogP contribution in [0.1, 0.15) is 4.88 Å². The van der Waals surface area contributed by atoms with E-state index in [0.717, 1.165) is 0 Å². The SMILES string of the molecule is CN[C@H](Cc1cccs1)C(N)=O. The van der Waals surface area contributed by atoms with Gasteiger partial charge in [-0.3, -0.25) is 4.79 Å². The smallest absolute Gasteiger partial charge is 0.234 e. The Bertz CT molecular complexity index is 246. The summed E-state index contributed by atoms with van der Waals surface area (Å²) in [5.74, 6) is -0.300. The van der Waals surface area contributed by atoms with Gasteiger partial charge in [0.15, 0.2) is 0 Å². The van der Waals surface area contributed by atoms with E-state index in [0.29, 0.717) is 6.42 Å². The molecule has 12 heavy (non-hydrogen) atoms. The van der Waals surface area contributed by atoms with E-state index in [9.17, 15) is 4.79 Å². The fraction of sp³-hybridized carbons (Fsp3) is 0.375. The second-order valence-electron chi connectivity index (χ2n) is 2.53. The summed E-state index contributed by atoms with van der Waals surface area (Å²) in [6, 6.07) is 3.72. The predicted molar refractivity (Wildman–Crippen MR) is 50.1 cm³/mol. The molecule has 66 valence electrons. The lowest BCUT2D eigenvalue weighted by Crippen LogP contribution is -2.40. The van der Waals surface area contributed by atoms with Crippen molar-refractivity contribution in [2.24, 2.45) is 5.73 Å². The van der Waals surface area contributed by atoms with Crippen molar-refractivity contribution < 1.29 is 4.79 Å². The first-order valence-electron chi connectivity index (χ1n) is 3.73. The van der Waals surface area contributed by atoms with Gasteiger partial charge >= 0.3 is 0 Å². The fourth-order valence-electron chi connectivity index (χ4n) is 0.975. The van der Waals surface area contributed by atoms with Crippen molar-refractivity contribution in [2.45, 2.75) is 12.5 Å². The summed E-state index contributed by atoms with van der Waals surface area (Å²) >= 11 is 1.64. The Morgan fingerprint density at radius 1 is 1.83 bits per heavy atom. The Balaban J connectivity index is 2.54. The lowest BCUT2D eigenvalue weighted by molar-refractivity contribution is -0.119. The maximum atomic E-state index is 10.8. The molecule has 3 nitrogen and oxygen atoms in total. The molecule has 0 fully saturated rings. The Labute approximate surface area is 75.6 Å². The monoisotopic (exact) mass is 184 g/mol. The van der Waals surface area contributed by atoms with Crippen LogP contribution in [0.5, 0.6) is 0 Å². The van der Waals surface area contributed by atoms with Crippen LogP contribution in [0.4, 0.5) is 0 Å². The summed E-state index contributed by atoms with van der Waals surface area (Å²) in [5.41, 5.74) is 5.17. The molecule has 0 spiro atoms. The molecule has 0 unspecified atom stereocenters. The van der Waals surface area contributed by atoms with Crippen LogP contribution < -0.4 is 11.1 Å². The van der Waals surface area contributed by atoms with Crippen LogP contribution in [-0.4, -0.2) is 19.0 Å². The van der Waals surface area contributed by atoms with Crippen LogP contribution in [0.3, 0.4) is 0 Å². The molecule has 0 aliphatic heterocycles. The van der Waals surface area contributed by atoms with E-state index in [4.69, 9.17) is 5.73 Å². The van der Waals surface area contributed by atoms with Crippen molar-refractivity contribution in [2.75, 3.05) is 7.05 Å². The molecule has 0 aliphatic rings. The largest absolute Gasteiger partial charge is 0.368 e. The van der Waals surface area contributed by atoms with Gasteiger partial charge in [0.1, 0.15) is 0 Å². The summed E-state index contributed by atoms with van der Waals surface area (Å²) in [6.45, 7) is 0. The number of hydrogen-bond donors (Lipinski definition) is 2. The topological polar surface area (TPSA) is 55.1 Å². The van der Waals surface area contributed by atoms with Gasteiger partial charge in [-0.2, -0.15) is 0 Å². The van der Waals surface area contributed by atoms with Crippen LogP contribution in [0.2, 0.25) is 0 Å². The zero-order valence-electron chi connectivity index (χ0n) is 6.91. The summed E-state index contributed by atoms with van der Waals surface area (Å²) in [5, 5.41) is 4.86. The number of likely N-dealkylation sites (N-methyl/N-ethyl adjacent to an activating group) is 1. The van der Waals surface area contributed by atoms with Crippen LogP contribution >= 0.6 is 11.3 Å². The summed E-state index contributed by atoms with van der Waals surface area (Å²) in [7, 11) is 1.74. The first kappa shape index (κ1) is 9.22. The quantitative estimate of drug-likeness (QED) is 0.710. The van der Waals surface area contributed by atoms with Crippen LogP contribution in [0, 0.1) is 0 Å². The molecule has 0 saturated carbocycles. The normalized spacial score (nSPS) is 12.8. The number of nitrogens with two attached hydrogens (primary N) is 1. The minimum atomic E-state index is -0.300. The van der Waals surface area contributed by atoms with Gasteiger partial charge in [-0.05, 0) is 18.5 Å². The van der Waals surface area contributed by atoms with E-state index >= 15 is 0 Å². The number of rotatable bonds is 4. The average Bonchev–Trinajstić information content (AvgIpc) is 2.51. The molecule has 1 heterocycles. The van der Waals surface area contributed by atoms with Crippen molar-refractivity contribution in [1.29, 1.82) is 0 Å². The molecule has 1 amide bonds. The van der Waals surface area contributed by atoms with Crippen molar-refractivity contribution in [3.63, 3.8) is 0 Å². The molecule has 0 aliphatic carbocycles. The lowest BCUT2D eigenvalue weighted by Gasteiger charge is -2.09. The first-order chi connectivity index (χ1) is 5.74. The summed E-state index contributed by atoms with van der Waals surface area (Å²) < 4.78 is 0. The number of amides is 1. The molecule has 1 aromatic heterocycles. The molecule has 1 atom stereocenters.